The van der Waals surface area contributed by atoms with Crippen LogP contribution in [-0.4, -0.2) is 37.1 Å². The van der Waals surface area contributed by atoms with Crippen molar-refractivity contribution in [2.24, 2.45) is 0 Å². The predicted molar refractivity (Wildman–Crippen MR) is 61.7 cm³/mol. The number of hydrogen-bond donors (Lipinski definition) is 4. The molecule has 4 N–H and O–H groups in total. The fourth-order valence-corrected chi connectivity index (χ4v) is 1.44. The Labute approximate surface area is 97.6 Å². The van der Waals surface area contributed by atoms with Gasteiger partial charge in [-0.15, -0.1) is 0 Å². The molecule has 0 saturated heterocycles. The molecule has 0 spiro atoms. The van der Waals surface area contributed by atoms with Gasteiger partial charge in [0, 0.05) is 23.9 Å². The average Bonchev–Trinajstić information content (AvgIpc) is 2.17. The third-order valence-electron chi connectivity index (χ3n) is 1.25. The van der Waals surface area contributed by atoms with Crippen LogP contribution in [0.5, 0.6) is 0 Å². The first-order valence-corrected chi connectivity index (χ1v) is 7.01. The second kappa shape index (κ2) is 8.69. The van der Waals surface area contributed by atoms with E-state index in [1.807, 2.05) is 12.1 Å². The fraction of sp³-hybridized carbons (Fsp3) is 0.375. The Morgan fingerprint density at radius 2 is 1.75 bits per heavy atom. The van der Waals surface area contributed by atoms with Crippen molar-refractivity contribution in [3.05, 3.63) is 30.1 Å². The Balaban J connectivity index is 0.000000385. The number of nitrogens with zero attached hydrogens (tertiary/aromatic N) is 1. The summed E-state index contributed by atoms with van der Waals surface area (Å²) in [6.45, 7) is 0.260. The van der Waals surface area contributed by atoms with E-state index in [2.05, 4.69) is 4.98 Å². The summed E-state index contributed by atoms with van der Waals surface area (Å²) in [5.41, 5.74) is 1.26. The van der Waals surface area contributed by atoms with Crippen molar-refractivity contribution in [3.8, 4) is 0 Å². The third-order valence-corrected chi connectivity index (χ3v) is 2.26. The molecule has 16 heavy (non-hydrogen) atoms. The maximum atomic E-state index is 8.88. The monoisotopic (exact) mass is 267 g/mol. The molecule has 0 saturated carbocycles. The van der Waals surface area contributed by atoms with Gasteiger partial charge in [0.05, 0.1) is 6.61 Å². The Bertz CT molecular complexity index is 309. The van der Waals surface area contributed by atoms with E-state index in [1.165, 1.54) is 5.56 Å². The summed E-state index contributed by atoms with van der Waals surface area (Å²) >= 11 is 1.73. The molecule has 0 aliphatic heterocycles. The molecule has 1 heterocycles. The Morgan fingerprint density at radius 3 is 2.19 bits per heavy atom. The van der Waals surface area contributed by atoms with Crippen molar-refractivity contribution in [1.29, 1.82) is 0 Å². The minimum absolute atomic E-state index is 0.260. The topological polar surface area (TPSA) is 111 Å². The van der Waals surface area contributed by atoms with Crippen LogP contribution in [0.15, 0.2) is 24.5 Å². The first-order chi connectivity index (χ1) is 7.43. The van der Waals surface area contributed by atoms with E-state index in [4.69, 9.17) is 24.4 Å². The summed E-state index contributed by atoms with van der Waals surface area (Å²) in [7, 11) is -4.64. The van der Waals surface area contributed by atoms with Gasteiger partial charge in [-0.1, -0.05) is 0 Å². The van der Waals surface area contributed by atoms with Gasteiger partial charge in [0.2, 0.25) is 0 Å². The molecule has 0 aliphatic rings. The van der Waals surface area contributed by atoms with E-state index in [1.54, 1.807) is 24.2 Å². The normalized spacial score (nSPS) is 10.5. The highest BCUT2D eigenvalue weighted by Crippen LogP contribution is 2.25. The molecular weight excluding hydrogens is 253 g/mol. The molecule has 0 bridgehead atoms. The molecule has 92 valence electrons. The summed E-state index contributed by atoms with van der Waals surface area (Å²) in [5.74, 6) is 1.77. The lowest BCUT2D eigenvalue weighted by molar-refractivity contribution is 0.275. The average molecular weight is 267 g/mol. The molecule has 0 radical (unpaired) electrons. The SMILES string of the molecule is O=P(O)(O)O.OCCSCc1ccncc1. The summed E-state index contributed by atoms with van der Waals surface area (Å²) in [5, 5.41) is 8.51. The molecule has 1 aromatic rings. The molecule has 0 amide bonds. The van der Waals surface area contributed by atoms with Crippen LogP contribution in [0.25, 0.3) is 0 Å². The van der Waals surface area contributed by atoms with Gasteiger partial charge in [-0.05, 0) is 17.7 Å². The zero-order valence-corrected chi connectivity index (χ0v) is 10.1. The number of pyridine rings is 1. The van der Waals surface area contributed by atoms with Gasteiger partial charge in [-0.25, -0.2) is 4.57 Å². The number of aromatic nitrogens is 1. The van der Waals surface area contributed by atoms with Crippen LogP contribution in [0.1, 0.15) is 5.56 Å². The summed E-state index contributed by atoms with van der Waals surface area (Å²) in [6.07, 6.45) is 3.57. The highest BCUT2D eigenvalue weighted by atomic mass is 32.2. The first kappa shape index (κ1) is 15.6. The maximum Gasteiger partial charge on any atom is 0.466 e. The molecule has 0 unspecified atom stereocenters. The molecule has 8 heteroatoms. The standard InChI is InChI=1S/C8H11NOS.H3O4P/c10-5-6-11-7-8-1-3-9-4-2-8;1-5(2,3)4/h1-4,10H,5-7H2;(H3,1,2,3,4). The van der Waals surface area contributed by atoms with Crippen molar-refractivity contribution in [3.63, 3.8) is 0 Å². The number of rotatable bonds is 4. The lowest BCUT2D eigenvalue weighted by atomic mass is 10.3. The predicted octanol–water partition coefficient (Wildman–Crippen LogP) is 0.378. The van der Waals surface area contributed by atoms with Gasteiger partial charge in [-0.3, -0.25) is 4.98 Å². The van der Waals surface area contributed by atoms with Crippen LogP contribution in [0.4, 0.5) is 0 Å². The van der Waals surface area contributed by atoms with Crippen molar-refractivity contribution >= 4 is 19.6 Å². The van der Waals surface area contributed by atoms with Gasteiger partial charge < -0.3 is 19.8 Å². The number of thioether (sulfide) groups is 1. The number of aliphatic hydroxyl groups excluding tert-OH is 1. The molecule has 1 aromatic heterocycles. The lowest BCUT2D eigenvalue weighted by Crippen LogP contribution is -1.87. The molecule has 1 rings (SSSR count). The largest absolute Gasteiger partial charge is 0.466 e. The minimum Gasteiger partial charge on any atom is -0.396 e. The molecule has 0 fully saturated rings. The maximum absolute atomic E-state index is 8.88. The van der Waals surface area contributed by atoms with Gasteiger partial charge in [0.25, 0.3) is 0 Å². The van der Waals surface area contributed by atoms with Crippen LogP contribution < -0.4 is 0 Å². The first-order valence-electron chi connectivity index (χ1n) is 4.29. The molecular formula is C8H14NO5PS. The Hall–Kier alpha value is -0.430. The van der Waals surface area contributed by atoms with Gasteiger partial charge in [-0.2, -0.15) is 11.8 Å². The summed E-state index contributed by atoms with van der Waals surface area (Å²) in [4.78, 5) is 25.5. The van der Waals surface area contributed by atoms with E-state index >= 15 is 0 Å². The van der Waals surface area contributed by atoms with Crippen LogP contribution in [0, 0.1) is 0 Å². The molecule has 0 aromatic carbocycles. The zero-order valence-electron chi connectivity index (χ0n) is 8.43. The molecule has 0 atom stereocenters. The fourth-order valence-electron chi connectivity index (χ4n) is 0.734. The van der Waals surface area contributed by atoms with E-state index < -0.39 is 7.82 Å². The van der Waals surface area contributed by atoms with Crippen molar-refractivity contribution < 1.29 is 24.4 Å². The Morgan fingerprint density at radius 1 is 1.25 bits per heavy atom. The van der Waals surface area contributed by atoms with E-state index in [0.717, 1.165) is 11.5 Å². The highest BCUT2D eigenvalue weighted by molar-refractivity contribution is 7.98. The second-order valence-electron chi connectivity index (χ2n) is 2.64. The van der Waals surface area contributed by atoms with Gasteiger partial charge >= 0.3 is 7.82 Å². The quantitative estimate of drug-likeness (QED) is 0.461. The smallest absolute Gasteiger partial charge is 0.396 e. The van der Waals surface area contributed by atoms with Crippen LogP contribution >= 0.6 is 19.6 Å². The van der Waals surface area contributed by atoms with E-state index in [-0.39, 0.29) is 6.61 Å². The van der Waals surface area contributed by atoms with E-state index in [9.17, 15) is 0 Å². The molecule has 0 aliphatic carbocycles. The summed E-state index contributed by atoms with van der Waals surface area (Å²) in [6, 6.07) is 3.98. The molecule has 6 nitrogen and oxygen atoms in total. The van der Waals surface area contributed by atoms with Crippen LogP contribution in [-0.2, 0) is 10.3 Å². The van der Waals surface area contributed by atoms with Crippen molar-refractivity contribution in [1.82, 2.24) is 4.98 Å². The number of phosphoric acid groups is 1. The van der Waals surface area contributed by atoms with Crippen LogP contribution in [0.3, 0.4) is 0 Å². The third kappa shape index (κ3) is 13.6. The summed E-state index contributed by atoms with van der Waals surface area (Å²) < 4.78 is 8.88. The Kier molecular flexibility index (Phi) is 8.46. The number of aliphatic hydroxyl groups is 1. The zero-order chi connectivity index (χ0) is 12.4. The second-order valence-corrected chi connectivity index (χ2v) is 4.78. The van der Waals surface area contributed by atoms with Gasteiger partial charge in [0.15, 0.2) is 0 Å². The lowest BCUT2D eigenvalue weighted by Gasteiger charge is -1.97. The highest BCUT2D eigenvalue weighted by Gasteiger charge is 2.00. The minimum atomic E-state index is -4.64. The van der Waals surface area contributed by atoms with Gasteiger partial charge in [0.1, 0.15) is 0 Å². The van der Waals surface area contributed by atoms with Crippen molar-refractivity contribution in [2.45, 2.75) is 5.75 Å². The van der Waals surface area contributed by atoms with E-state index in [0.29, 0.717) is 0 Å². The number of hydrogen-bond acceptors (Lipinski definition) is 4. The van der Waals surface area contributed by atoms with Crippen LogP contribution in [0.2, 0.25) is 0 Å². The van der Waals surface area contributed by atoms with Crippen molar-refractivity contribution in [2.75, 3.05) is 12.4 Å².